The second-order valence-electron chi connectivity index (χ2n) is 6.92. The average molecular weight is 346 g/mol. The van der Waals surface area contributed by atoms with E-state index in [1.54, 1.807) is 4.68 Å². The number of nitrogen functional groups attached to an aromatic ring is 1. The lowest BCUT2D eigenvalue weighted by molar-refractivity contribution is 0.0493. The Balaban J connectivity index is 1.98. The number of aromatic nitrogens is 2. The van der Waals surface area contributed by atoms with Crippen LogP contribution in [0, 0.1) is 6.92 Å². The molecule has 0 saturated heterocycles. The summed E-state index contributed by atoms with van der Waals surface area (Å²) in [6, 6.07) is 9.35. The zero-order chi connectivity index (χ0) is 18.6. The van der Waals surface area contributed by atoms with Gasteiger partial charge in [-0.2, -0.15) is 0 Å². The number of anilines is 1. The molecule has 0 aliphatic heterocycles. The second-order valence-corrected chi connectivity index (χ2v) is 6.92. The zero-order valence-electron chi connectivity index (χ0n) is 15.4. The number of amides is 1. The largest absolute Gasteiger partial charge is 0.474 e. The fourth-order valence-corrected chi connectivity index (χ4v) is 2.15. The molecule has 3 N–H and O–H groups in total. The summed E-state index contributed by atoms with van der Waals surface area (Å²) in [6.45, 7) is 9.38. The van der Waals surface area contributed by atoms with E-state index in [-0.39, 0.29) is 12.6 Å². The molecule has 0 bridgehead atoms. The molecule has 0 spiro atoms. The average Bonchev–Trinajstić information content (AvgIpc) is 2.80. The van der Waals surface area contributed by atoms with E-state index in [0.717, 1.165) is 11.3 Å². The quantitative estimate of drug-likeness (QED) is 0.868. The Morgan fingerprint density at radius 1 is 1.32 bits per heavy atom. The van der Waals surface area contributed by atoms with E-state index in [1.807, 2.05) is 65.0 Å². The van der Waals surface area contributed by atoms with Crippen LogP contribution in [0.15, 0.2) is 30.3 Å². The minimum atomic E-state index is -0.538. The number of ether oxygens (including phenoxy) is 2. The maximum absolute atomic E-state index is 11.8. The third kappa shape index (κ3) is 5.14. The molecular formula is C18H26N4O3. The summed E-state index contributed by atoms with van der Waals surface area (Å²) in [5, 5.41) is 7.14. The monoisotopic (exact) mass is 346 g/mol. The van der Waals surface area contributed by atoms with Gasteiger partial charge < -0.3 is 20.5 Å². The van der Waals surface area contributed by atoms with Crippen LogP contribution in [0.2, 0.25) is 0 Å². The van der Waals surface area contributed by atoms with Crippen LogP contribution < -0.4 is 15.8 Å². The van der Waals surface area contributed by atoms with Gasteiger partial charge in [-0.3, -0.25) is 0 Å². The molecule has 1 heterocycles. The van der Waals surface area contributed by atoms with Crippen LogP contribution in [0.5, 0.6) is 5.88 Å². The number of nitrogens with one attached hydrogen (secondary N) is 1. The third-order valence-corrected chi connectivity index (χ3v) is 3.36. The van der Waals surface area contributed by atoms with Gasteiger partial charge in [-0.15, -0.1) is 5.10 Å². The lowest BCUT2D eigenvalue weighted by Crippen LogP contribution is -2.40. The zero-order valence-corrected chi connectivity index (χ0v) is 15.4. The molecule has 0 unspecified atom stereocenters. The predicted octanol–water partition coefficient (Wildman–Crippen LogP) is 3.05. The number of hydrogen-bond acceptors (Lipinski definition) is 5. The molecule has 2 aromatic rings. The summed E-state index contributed by atoms with van der Waals surface area (Å²) < 4.78 is 12.6. The number of para-hydroxylation sites is 1. The fraction of sp³-hybridized carbons (Fsp3) is 0.444. The number of nitrogens with zero attached hydrogens (tertiary/aromatic N) is 2. The molecule has 1 atom stereocenters. The van der Waals surface area contributed by atoms with E-state index in [2.05, 4.69) is 10.4 Å². The van der Waals surface area contributed by atoms with Gasteiger partial charge in [0.1, 0.15) is 18.0 Å². The van der Waals surface area contributed by atoms with E-state index < -0.39 is 11.7 Å². The molecule has 0 radical (unpaired) electrons. The number of rotatable bonds is 5. The number of nitrogens with two attached hydrogens (primary N) is 1. The van der Waals surface area contributed by atoms with E-state index in [9.17, 15) is 4.79 Å². The lowest BCUT2D eigenvalue weighted by atomic mass is 10.2. The van der Waals surface area contributed by atoms with E-state index in [0.29, 0.717) is 11.7 Å². The van der Waals surface area contributed by atoms with Crippen LogP contribution in [0.1, 0.15) is 33.3 Å². The first kappa shape index (κ1) is 18.6. The normalized spacial score (nSPS) is 12.5. The standard InChI is InChI=1S/C18H26N4O3/c1-12(20-17(23)25-18(3,4)5)11-24-16-13(2)15(19)22(21-16)14-9-7-6-8-10-14/h6-10,12H,11,19H2,1-5H3,(H,20,23)/t12-/m0/s1. The Labute approximate surface area is 148 Å². The van der Waals surface area contributed by atoms with Crippen LogP contribution in [0.3, 0.4) is 0 Å². The minimum absolute atomic E-state index is 0.239. The van der Waals surface area contributed by atoms with E-state index in [4.69, 9.17) is 15.2 Å². The van der Waals surface area contributed by atoms with Crippen molar-refractivity contribution < 1.29 is 14.3 Å². The minimum Gasteiger partial charge on any atom is -0.474 e. The van der Waals surface area contributed by atoms with Gasteiger partial charge in [-0.25, -0.2) is 9.48 Å². The molecule has 136 valence electrons. The van der Waals surface area contributed by atoms with Gasteiger partial charge in [-0.1, -0.05) is 18.2 Å². The molecular weight excluding hydrogens is 320 g/mol. The molecule has 1 amide bonds. The molecule has 0 fully saturated rings. The highest BCUT2D eigenvalue weighted by Crippen LogP contribution is 2.25. The van der Waals surface area contributed by atoms with Gasteiger partial charge in [0.15, 0.2) is 0 Å². The summed E-state index contributed by atoms with van der Waals surface area (Å²) in [6.07, 6.45) is -0.477. The first-order valence-corrected chi connectivity index (χ1v) is 8.20. The summed E-state index contributed by atoms with van der Waals surface area (Å²) in [7, 11) is 0. The third-order valence-electron chi connectivity index (χ3n) is 3.36. The summed E-state index contributed by atoms with van der Waals surface area (Å²) in [5.74, 6) is 0.966. The molecule has 1 aromatic carbocycles. The number of alkyl carbamates (subject to hydrolysis) is 1. The smallest absolute Gasteiger partial charge is 0.407 e. The molecule has 2 rings (SSSR count). The van der Waals surface area contributed by atoms with Crippen molar-refractivity contribution in [2.24, 2.45) is 0 Å². The SMILES string of the molecule is Cc1c(OC[C@H](C)NC(=O)OC(C)(C)C)nn(-c2ccccc2)c1N. The number of hydrogen-bond donors (Lipinski definition) is 2. The Hall–Kier alpha value is -2.70. The van der Waals surface area contributed by atoms with Crippen LogP contribution in [0.25, 0.3) is 5.69 Å². The molecule has 25 heavy (non-hydrogen) atoms. The summed E-state index contributed by atoms with van der Waals surface area (Å²) in [5.41, 5.74) is 7.20. The van der Waals surface area contributed by atoms with Crippen LogP contribution in [-0.2, 0) is 4.74 Å². The fourth-order valence-electron chi connectivity index (χ4n) is 2.15. The lowest BCUT2D eigenvalue weighted by Gasteiger charge is -2.21. The topological polar surface area (TPSA) is 91.4 Å². The van der Waals surface area contributed by atoms with Crippen LogP contribution >= 0.6 is 0 Å². The van der Waals surface area contributed by atoms with Crippen molar-refractivity contribution in [1.82, 2.24) is 15.1 Å². The molecule has 0 saturated carbocycles. The van der Waals surface area contributed by atoms with E-state index >= 15 is 0 Å². The molecule has 0 aliphatic carbocycles. The maximum Gasteiger partial charge on any atom is 0.407 e. The first-order valence-electron chi connectivity index (χ1n) is 8.20. The van der Waals surface area contributed by atoms with E-state index in [1.165, 1.54) is 0 Å². The second kappa shape index (κ2) is 7.46. The van der Waals surface area contributed by atoms with Crippen LogP contribution in [0.4, 0.5) is 10.6 Å². The van der Waals surface area contributed by atoms with Crippen LogP contribution in [-0.4, -0.2) is 34.1 Å². The molecule has 7 nitrogen and oxygen atoms in total. The molecule has 0 aliphatic rings. The summed E-state index contributed by atoms with van der Waals surface area (Å²) in [4.78, 5) is 11.8. The Kier molecular flexibility index (Phi) is 5.56. The molecule has 7 heteroatoms. The van der Waals surface area contributed by atoms with Gasteiger partial charge in [-0.05, 0) is 46.8 Å². The van der Waals surface area contributed by atoms with Crippen molar-refractivity contribution in [2.45, 2.75) is 46.3 Å². The van der Waals surface area contributed by atoms with Crippen molar-refractivity contribution in [3.8, 4) is 11.6 Å². The van der Waals surface area contributed by atoms with Gasteiger partial charge >= 0.3 is 6.09 Å². The van der Waals surface area contributed by atoms with Gasteiger partial charge in [0, 0.05) is 0 Å². The Morgan fingerprint density at radius 3 is 2.56 bits per heavy atom. The highest BCUT2D eigenvalue weighted by atomic mass is 16.6. The number of benzene rings is 1. The number of carbonyl (C=O) groups excluding carboxylic acids is 1. The highest BCUT2D eigenvalue weighted by molar-refractivity contribution is 5.68. The first-order chi connectivity index (χ1) is 11.7. The predicted molar refractivity (Wildman–Crippen MR) is 97.0 cm³/mol. The van der Waals surface area contributed by atoms with Crippen molar-refractivity contribution in [2.75, 3.05) is 12.3 Å². The van der Waals surface area contributed by atoms with Crippen molar-refractivity contribution >= 4 is 11.9 Å². The van der Waals surface area contributed by atoms with Crippen molar-refractivity contribution in [1.29, 1.82) is 0 Å². The van der Waals surface area contributed by atoms with Crippen molar-refractivity contribution in [3.05, 3.63) is 35.9 Å². The van der Waals surface area contributed by atoms with Gasteiger partial charge in [0.2, 0.25) is 5.88 Å². The maximum atomic E-state index is 11.8. The Bertz CT molecular complexity index is 720. The molecule has 1 aromatic heterocycles. The highest BCUT2D eigenvalue weighted by Gasteiger charge is 2.19. The van der Waals surface area contributed by atoms with Crippen molar-refractivity contribution in [3.63, 3.8) is 0 Å². The Morgan fingerprint density at radius 2 is 1.96 bits per heavy atom. The van der Waals surface area contributed by atoms with Gasteiger partial charge in [0.05, 0.1) is 17.3 Å². The summed E-state index contributed by atoms with van der Waals surface area (Å²) >= 11 is 0. The number of carbonyl (C=O) groups is 1. The van der Waals surface area contributed by atoms with Gasteiger partial charge in [0.25, 0.3) is 0 Å².